The summed E-state index contributed by atoms with van der Waals surface area (Å²) in [6, 6.07) is 0. The third kappa shape index (κ3) is 1.46. The molecule has 0 aliphatic heterocycles. The van der Waals surface area contributed by atoms with Crippen molar-refractivity contribution in [2.24, 2.45) is 0 Å². The minimum atomic E-state index is 0.872. The molecule has 0 aromatic carbocycles. The first-order chi connectivity index (χ1) is 7.27. The van der Waals surface area contributed by atoms with Crippen molar-refractivity contribution in [1.82, 2.24) is 0 Å². The molecule has 3 rings (SSSR count). The Balaban J connectivity index is 2.19. The van der Waals surface area contributed by atoms with Crippen LogP contribution in [-0.4, -0.2) is 0 Å². The number of aryl methyl sites for hydroxylation is 2. The van der Waals surface area contributed by atoms with Crippen LogP contribution in [0.4, 0.5) is 0 Å². The predicted molar refractivity (Wildman–Crippen MR) is 70.4 cm³/mol. The normalized spacial score (nSPS) is 18.0. The lowest BCUT2D eigenvalue weighted by molar-refractivity contribution is 0.728. The fourth-order valence-electron chi connectivity index (χ4n) is 2.80. The molecule has 0 atom stereocenters. The molecule has 1 aliphatic carbocycles. The first kappa shape index (κ1) is 9.86. The zero-order valence-electron chi connectivity index (χ0n) is 9.30. The molecule has 2 heteroatoms. The van der Waals surface area contributed by atoms with Crippen LogP contribution in [0.2, 0.25) is 0 Å². The number of hydrogen-bond donors (Lipinski definition) is 0. The van der Waals surface area contributed by atoms with Gasteiger partial charge in [-0.3, -0.25) is 0 Å². The Bertz CT molecular complexity index is 484. The molecule has 0 unspecified atom stereocenters. The van der Waals surface area contributed by atoms with Gasteiger partial charge in [0.1, 0.15) is 0 Å². The van der Waals surface area contributed by atoms with E-state index < -0.39 is 0 Å². The van der Waals surface area contributed by atoms with Gasteiger partial charge in [-0.1, -0.05) is 12.8 Å². The van der Waals surface area contributed by atoms with Crippen LogP contribution in [0.1, 0.15) is 47.6 Å². The van der Waals surface area contributed by atoms with Gasteiger partial charge in [0.25, 0.3) is 0 Å². The van der Waals surface area contributed by atoms with Crippen LogP contribution < -0.4 is 0 Å². The van der Waals surface area contributed by atoms with Crippen molar-refractivity contribution in [2.75, 3.05) is 0 Å². The zero-order chi connectivity index (χ0) is 10.4. The summed E-state index contributed by atoms with van der Waals surface area (Å²) < 4.78 is 3.15. The highest BCUT2D eigenvalue weighted by atomic mass is 32.1. The number of thiophene rings is 2. The van der Waals surface area contributed by atoms with E-state index in [1.54, 1.807) is 19.8 Å². The van der Waals surface area contributed by atoms with Crippen molar-refractivity contribution in [3.05, 3.63) is 21.4 Å². The molecule has 2 aromatic heterocycles. The van der Waals surface area contributed by atoms with Gasteiger partial charge in [0.2, 0.25) is 0 Å². The molecule has 0 nitrogen and oxygen atoms in total. The first-order valence-corrected chi connectivity index (χ1v) is 7.44. The zero-order valence-corrected chi connectivity index (χ0v) is 10.9. The third-order valence-corrected chi connectivity index (χ3v) is 6.08. The van der Waals surface area contributed by atoms with Gasteiger partial charge in [-0.2, -0.15) is 0 Å². The molecule has 2 aromatic rings. The Morgan fingerprint density at radius 2 is 1.87 bits per heavy atom. The molecule has 80 valence electrons. The highest BCUT2D eigenvalue weighted by Crippen LogP contribution is 2.46. The van der Waals surface area contributed by atoms with Crippen LogP contribution >= 0.6 is 22.7 Å². The number of rotatable bonds is 1. The molecule has 0 spiro atoms. The Hall–Kier alpha value is -0.340. The number of fused-ring (bicyclic) bond motifs is 1. The van der Waals surface area contributed by atoms with Gasteiger partial charge in [-0.25, -0.2) is 0 Å². The number of hydrogen-bond acceptors (Lipinski definition) is 2. The summed E-state index contributed by atoms with van der Waals surface area (Å²) in [7, 11) is 0. The highest BCUT2D eigenvalue weighted by Gasteiger charge is 2.23. The molecule has 0 saturated heterocycles. The molecule has 1 saturated carbocycles. The molecule has 1 fully saturated rings. The average Bonchev–Trinajstić information content (AvgIpc) is 2.86. The lowest BCUT2D eigenvalue weighted by Crippen LogP contribution is -1.91. The van der Waals surface area contributed by atoms with Crippen molar-refractivity contribution in [2.45, 2.75) is 45.4 Å². The van der Waals surface area contributed by atoms with E-state index in [1.165, 1.54) is 31.2 Å². The second-order valence-electron chi connectivity index (χ2n) is 4.63. The van der Waals surface area contributed by atoms with Gasteiger partial charge < -0.3 is 0 Å². The first-order valence-electron chi connectivity index (χ1n) is 5.74. The minimum Gasteiger partial charge on any atom is -0.142 e. The van der Waals surface area contributed by atoms with E-state index in [4.69, 9.17) is 0 Å². The van der Waals surface area contributed by atoms with Crippen LogP contribution in [-0.2, 0) is 0 Å². The molecule has 2 heterocycles. The Kier molecular flexibility index (Phi) is 2.37. The van der Waals surface area contributed by atoms with Gasteiger partial charge >= 0.3 is 0 Å². The summed E-state index contributed by atoms with van der Waals surface area (Å²) in [5.41, 5.74) is 3.18. The molecule has 0 radical (unpaired) electrons. The van der Waals surface area contributed by atoms with E-state index in [9.17, 15) is 0 Å². The second-order valence-corrected chi connectivity index (χ2v) is 6.73. The highest BCUT2D eigenvalue weighted by molar-refractivity contribution is 7.27. The van der Waals surface area contributed by atoms with Gasteiger partial charge in [0.05, 0.1) is 0 Å². The van der Waals surface area contributed by atoms with Crippen LogP contribution in [0.25, 0.3) is 9.40 Å². The van der Waals surface area contributed by atoms with E-state index in [1.807, 2.05) is 22.7 Å². The largest absolute Gasteiger partial charge is 0.142 e. The summed E-state index contributed by atoms with van der Waals surface area (Å²) >= 11 is 3.97. The van der Waals surface area contributed by atoms with Gasteiger partial charge in [-0.15, -0.1) is 22.7 Å². The standard InChI is InChI=1S/C13H16S2/c1-8-7-14-13-11(9(2)15-12(8)13)10-5-3-4-6-10/h7,10H,3-6H2,1-2H3. The summed E-state index contributed by atoms with van der Waals surface area (Å²) in [5, 5.41) is 2.32. The molecular weight excluding hydrogens is 220 g/mol. The lowest BCUT2D eigenvalue weighted by Gasteiger charge is -2.08. The maximum absolute atomic E-state index is 2.32. The van der Waals surface area contributed by atoms with Crippen molar-refractivity contribution in [1.29, 1.82) is 0 Å². The van der Waals surface area contributed by atoms with E-state index in [-0.39, 0.29) is 0 Å². The smallest absolute Gasteiger partial charge is 0.0490 e. The van der Waals surface area contributed by atoms with Gasteiger partial charge in [-0.05, 0) is 49.1 Å². The molecule has 0 amide bonds. The summed E-state index contributed by atoms with van der Waals surface area (Å²) in [4.78, 5) is 1.58. The topological polar surface area (TPSA) is 0 Å². The van der Waals surface area contributed by atoms with Crippen molar-refractivity contribution < 1.29 is 0 Å². The van der Waals surface area contributed by atoms with Crippen LogP contribution in [0.15, 0.2) is 5.38 Å². The van der Waals surface area contributed by atoms with E-state index >= 15 is 0 Å². The maximum Gasteiger partial charge on any atom is 0.0490 e. The summed E-state index contributed by atoms with van der Waals surface area (Å²) in [6.07, 6.45) is 5.71. The fraction of sp³-hybridized carbons (Fsp3) is 0.538. The van der Waals surface area contributed by atoms with Crippen molar-refractivity contribution >= 4 is 32.1 Å². The van der Waals surface area contributed by atoms with Crippen LogP contribution in [0.3, 0.4) is 0 Å². The third-order valence-electron chi connectivity index (χ3n) is 3.56. The molecular formula is C13H16S2. The SMILES string of the molecule is Cc1sc2c(C)csc2c1C1CCCC1. The van der Waals surface area contributed by atoms with Gasteiger partial charge in [0.15, 0.2) is 0 Å². The monoisotopic (exact) mass is 236 g/mol. The summed E-state index contributed by atoms with van der Waals surface area (Å²) in [6.45, 7) is 4.55. The summed E-state index contributed by atoms with van der Waals surface area (Å²) in [5.74, 6) is 0.872. The fourth-order valence-corrected chi connectivity index (χ4v) is 5.44. The molecule has 1 aliphatic rings. The van der Waals surface area contributed by atoms with Crippen LogP contribution in [0, 0.1) is 13.8 Å². The minimum absolute atomic E-state index is 0.872. The lowest BCUT2D eigenvalue weighted by atomic mass is 9.98. The quantitative estimate of drug-likeness (QED) is 0.635. The Labute approximate surface area is 98.9 Å². The van der Waals surface area contributed by atoms with Crippen LogP contribution in [0.5, 0.6) is 0 Å². The second kappa shape index (κ2) is 3.60. The Morgan fingerprint density at radius 3 is 2.60 bits per heavy atom. The van der Waals surface area contributed by atoms with E-state index in [2.05, 4.69) is 19.2 Å². The Morgan fingerprint density at radius 1 is 1.13 bits per heavy atom. The molecule has 0 bridgehead atoms. The van der Waals surface area contributed by atoms with Crippen molar-refractivity contribution in [3.63, 3.8) is 0 Å². The van der Waals surface area contributed by atoms with Crippen molar-refractivity contribution in [3.8, 4) is 0 Å². The van der Waals surface area contributed by atoms with Gasteiger partial charge in [0, 0.05) is 14.3 Å². The van der Waals surface area contributed by atoms with E-state index in [0.29, 0.717) is 0 Å². The molecule has 15 heavy (non-hydrogen) atoms. The average molecular weight is 236 g/mol. The van der Waals surface area contributed by atoms with E-state index in [0.717, 1.165) is 5.92 Å². The maximum atomic E-state index is 2.32. The molecule has 0 N–H and O–H groups in total. The predicted octanol–water partition coefficient (Wildman–Crippen LogP) is 5.24.